The fourth-order valence-electron chi connectivity index (χ4n) is 3.19. The van der Waals surface area contributed by atoms with Crippen LogP contribution in [0.3, 0.4) is 0 Å². The number of amides is 1. The van der Waals surface area contributed by atoms with Gasteiger partial charge in [-0.2, -0.15) is 10.1 Å². The smallest absolute Gasteiger partial charge is 0.407 e. The molecule has 1 fully saturated rings. The zero-order chi connectivity index (χ0) is 18.0. The molecule has 2 aromatic heterocycles. The lowest BCUT2D eigenvalue weighted by atomic mass is 9.86. The zero-order valence-corrected chi connectivity index (χ0v) is 15.6. The Balaban J connectivity index is 1.52. The topological polar surface area (TPSA) is 81.9 Å². The molecule has 25 heavy (non-hydrogen) atoms. The highest BCUT2D eigenvalue weighted by atomic mass is 35.5. The van der Waals surface area contributed by atoms with E-state index in [9.17, 15) is 4.79 Å². The van der Waals surface area contributed by atoms with E-state index >= 15 is 0 Å². The van der Waals surface area contributed by atoms with E-state index in [2.05, 4.69) is 20.4 Å². The monoisotopic (exact) mass is 365 g/mol. The molecule has 2 heterocycles. The predicted octanol–water partition coefficient (Wildman–Crippen LogP) is 3.56. The van der Waals surface area contributed by atoms with Gasteiger partial charge in [-0.15, -0.1) is 0 Å². The Labute approximate surface area is 152 Å². The van der Waals surface area contributed by atoms with Gasteiger partial charge in [0, 0.05) is 18.8 Å². The molecule has 0 spiro atoms. The molecule has 1 amide bonds. The summed E-state index contributed by atoms with van der Waals surface area (Å²) >= 11 is 5.89. The molecule has 0 unspecified atom stereocenters. The summed E-state index contributed by atoms with van der Waals surface area (Å²) < 4.78 is 7.22. The minimum atomic E-state index is -0.467. The number of aromatic nitrogens is 4. The second-order valence-electron chi connectivity index (χ2n) is 7.61. The molecule has 0 saturated heterocycles. The standard InChI is InChI=1S/C17H24ClN5O2/c1-17(2,3)25-16(24)21-13-6-4-11(5-7-13)10-23-14-12(9-20-23)8-19-15(18)22-14/h8-9,11,13H,4-7,10H2,1-3H3,(H,21,24). The average molecular weight is 366 g/mol. The first kappa shape index (κ1) is 17.9. The summed E-state index contributed by atoms with van der Waals surface area (Å²) in [6.07, 6.45) is 7.07. The third kappa shape index (κ3) is 4.81. The normalized spacial score (nSPS) is 21.3. The van der Waals surface area contributed by atoms with Gasteiger partial charge in [0.1, 0.15) is 5.60 Å². The van der Waals surface area contributed by atoms with E-state index in [4.69, 9.17) is 16.3 Å². The summed E-state index contributed by atoms with van der Waals surface area (Å²) in [5, 5.41) is 8.50. The van der Waals surface area contributed by atoms with Crippen LogP contribution in [0.15, 0.2) is 12.4 Å². The molecule has 8 heteroatoms. The number of carbonyl (C=O) groups excluding carboxylic acids is 1. The number of hydrogen-bond donors (Lipinski definition) is 1. The number of nitrogens with one attached hydrogen (secondary N) is 1. The van der Waals surface area contributed by atoms with Crippen LogP contribution in [0.1, 0.15) is 46.5 Å². The molecular formula is C17H24ClN5O2. The van der Waals surface area contributed by atoms with Crippen LogP contribution < -0.4 is 5.32 Å². The van der Waals surface area contributed by atoms with Crippen molar-refractivity contribution >= 4 is 28.7 Å². The van der Waals surface area contributed by atoms with Gasteiger partial charge in [0.15, 0.2) is 5.65 Å². The number of alkyl carbamates (subject to hydrolysis) is 1. The molecule has 2 aromatic rings. The van der Waals surface area contributed by atoms with Crippen LogP contribution in [0.5, 0.6) is 0 Å². The van der Waals surface area contributed by atoms with Gasteiger partial charge in [-0.3, -0.25) is 0 Å². The van der Waals surface area contributed by atoms with Crippen molar-refractivity contribution in [3.63, 3.8) is 0 Å². The third-order valence-corrected chi connectivity index (χ3v) is 4.53. The minimum Gasteiger partial charge on any atom is -0.444 e. The summed E-state index contributed by atoms with van der Waals surface area (Å²) in [4.78, 5) is 20.1. The Hall–Kier alpha value is -1.89. The quantitative estimate of drug-likeness (QED) is 0.841. The van der Waals surface area contributed by atoms with Gasteiger partial charge in [-0.25, -0.2) is 14.5 Å². The Morgan fingerprint density at radius 1 is 1.32 bits per heavy atom. The predicted molar refractivity (Wildman–Crippen MR) is 95.4 cm³/mol. The van der Waals surface area contributed by atoms with Crippen molar-refractivity contribution in [1.82, 2.24) is 25.1 Å². The molecule has 3 rings (SSSR count). The average Bonchev–Trinajstić information content (AvgIpc) is 2.89. The van der Waals surface area contributed by atoms with Crippen molar-refractivity contribution in [1.29, 1.82) is 0 Å². The van der Waals surface area contributed by atoms with Crippen molar-refractivity contribution < 1.29 is 9.53 Å². The number of rotatable bonds is 3. The molecule has 0 bridgehead atoms. The van der Waals surface area contributed by atoms with E-state index in [1.54, 1.807) is 12.4 Å². The molecule has 0 aromatic carbocycles. The maximum atomic E-state index is 11.9. The fourth-order valence-corrected chi connectivity index (χ4v) is 3.32. The summed E-state index contributed by atoms with van der Waals surface area (Å²) in [6, 6.07) is 0.178. The Morgan fingerprint density at radius 3 is 2.72 bits per heavy atom. The number of fused-ring (bicyclic) bond motifs is 1. The summed E-state index contributed by atoms with van der Waals surface area (Å²) in [6.45, 7) is 6.41. The molecule has 0 atom stereocenters. The van der Waals surface area contributed by atoms with Crippen LogP contribution in [0, 0.1) is 5.92 Å². The second-order valence-corrected chi connectivity index (χ2v) is 7.95. The van der Waals surface area contributed by atoms with Crippen LogP contribution in [0.2, 0.25) is 5.28 Å². The summed E-state index contributed by atoms with van der Waals surface area (Å²) in [5.74, 6) is 0.508. The van der Waals surface area contributed by atoms with E-state index in [0.717, 1.165) is 43.3 Å². The van der Waals surface area contributed by atoms with Gasteiger partial charge in [0.25, 0.3) is 0 Å². The van der Waals surface area contributed by atoms with Gasteiger partial charge >= 0.3 is 6.09 Å². The zero-order valence-electron chi connectivity index (χ0n) is 14.8. The Kier molecular flexibility index (Phi) is 5.13. The van der Waals surface area contributed by atoms with Crippen LogP contribution in [0.4, 0.5) is 4.79 Å². The molecule has 1 aliphatic carbocycles. The molecule has 1 aliphatic rings. The number of carbonyl (C=O) groups is 1. The lowest BCUT2D eigenvalue weighted by Crippen LogP contribution is -2.41. The first-order valence-corrected chi connectivity index (χ1v) is 9.01. The van der Waals surface area contributed by atoms with Crippen LogP contribution in [-0.2, 0) is 11.3 Å². The van der Waals surface area contributed by atoms with Gasteiger partial charge in [0.2, 0.25) is 5.28 Å². The Morgan fingerprint density at radius 2 is 2.04 bits per heavy atom. The highest BCUT2D eigenvalue weighted by molar-refractivity contribution is 6.28. The van der Waals surface area contributed by atoms with Gasteiger partial charge in [0.05, 0.1) is 11.6 Å². The SMILES string of the molecule is CC(C)(C)OC(=O)NC1CCC(Cn2ncc3cnc(Cl)nc32)CC1. The maximum absolute atomic E-state index is 11.9. The number of nitrogens with zero attached hydrogens (tertiary/aromatic N) is 4. The van der Waals surface area contributed by atoms with Crippen LogP contribution in [0.25, 0.3) is 11.0 Å². The second kappa shape index (κ2) is 7.15. The number of hydrogen-bond acceptors (Lipinski definition) is 5. The van der Waals surface area contributed by atoms with Gasteiger partial charge in [-0.1, -0.05) is 0 Å². The van der Waals surface area contributed by atoms with Crippen molar-refractivity contribution in [3.8, 4) is 0 Å². The summed E-state index contributed by atoms with van der Waals surface area (Å²) in [5.41, 5.74) is 0.306. The van der Waals surface area contributed by atoms with E-state index in [-0.39, 0.29) is 17.4 Å². The minimum absolute atomic E-state index is 0.178. The van der Waals surface area contributed by atoms with Crippen LogP contribution in [-0.4, -0.2) is 37.5 Å². The number of halogens is 1. The maximum Gasteiger partial charge on any atom is 0.407 e. The fraction of sp³-hybridized carbons (Fsp3) is 0.647. The highest BCUT2D eigenvalue weighted by Gasteiger charge is 2.25. The Bertz CT molecular complexity index is 747. The van der Waals surface area contributed by atoms with Crippen molar-refractivity contribution in [3.05, 3.63) is 17.7 Å². The molecule has 7 nitrogen and oxygen atoms in total. The first-order valence-electron chi connectivity index (χ1n) is 8.64. The lowest BCUT2D eigenvalue weighted by molar-refractivity contribution is 0.0486. The molecule has 0 aliphatic heterocycles. The number of ether oxygens (including phenoxy) is 1. The molecule has 1 saturated carbocycles. The van der Waals surface area contributed by atoms with Gasteiger partial charge in [-0.05, 0) is 64.0 Å². The molecule has 1 N–H and O–H groups in total. The first-order chi connectivity index (χ1) is 11.8. The largest absolute Gasteiger partial charge is 0.444 e. The molecule has 136 valence electrons. The third-order valence-electron chi connectivity index (χ3n) is 4.35. The van der Waals surface area contributed by atoms with Crippen molar-refractivity contribution in [2.75, 3.05) is 0 Å². The van der Waals surface area contributed by atoms with Gasteiger partial charge < -0.3 is 10.1 Å². The van der Waals surface area contributed by atoms with Crippen molar-refractivity contribution in [2.45, 2.75) is 64.6 Å². The van der Waals surface area contributed by atoms with E-state index in [1.165, 1.54) is 0 Å². The summed E-state index contributed by atoms with van der Waals surface area (Å²) in [7, 11) is 0. The molecular weight excluding hydrogens is 342 g/mol. The van der Waals surface area contributed by atoms with E-state index < -0.39 is 5.60 Å². The lowest BCUT2D eigenvalue weighted by Gasteiger charge is -2.30. The highest BCUT2D eigenvalue weighted by Crippen LogP contribution is 2.27. The molecule has 0 radical (unpaired) electrons. The van der Waals surface area contributed by atoms with Crippen LogP contribution >= 0.6 is 11.6 Å². The van der Waals surface area contributed by atoms with E-state index in [0.29, 0.717) is 5.92 Å². The van der Waals surface area contributed by atoms with E-state index in [1.807, 2.05) is 25.5 Å². The van der Waals surface area contributed by atoms with Crippen molar-refractivity contribution in [2.24, 2.45) is 5.92 Å².